The summed E-state index contributed by atoms with van der Waals surface area (Å²) in [5.74, 6) is -0.278. The fourth-order valence-corrected chi connectivity index (χ4v) is 3.98. The molecule has 6 nitrogen and oxygen atoms in total. The van der Waals surface area contributed by atoms with Crippen LogP contribution >= 0.6 is 0 Å². The van der Waals surface area contributed by atoms with Crippen LogP contribution in [-0.2, 0) is 9.63 Å². The lowest BCUT2D eigenvalue weighted by Crippen LogP contribution is -2.38. The maximum Gasteiger partial charge on any atom is 0.306 e. The highest BCUT2D eigenvalue weighted by molar-refractivity contribution is 5.93. The Bertz CT molecular complexity index is 618. The lowest BCUT2D eigenvalue weighted by atomic mass is 9.73. The van der Waals surface area contributed by atoms with E-state index in [1.165, 1.54) is 0 Å². The number of aliphatic hydroxyl groups is 2. The molecular weight excluding hydrogens is 322 g/mol. The Kier molecular flexibility index (Phi) is 5.71. The molecule has 1 aromatic carbocycles. The molecule has 0 aromatic heterocycles. The van der Waals surface area contributed by atoms with Gasteiger partial charge < -0.3 is 20.2 Å². The molecule has 2 fully saturated rings. The van der Waals surface area contributed by atoms with Crippen molar-refractivity contribution in [3.8, 4) is 0 Å². The van der Waals surface area contributed by atoms with Crippen LogP contribution in [0.15, 0.2) is 35.5 Å². The first-order chi connectivity index (χ1) is 12.1. The summed E-state index contributed by atoms with van der Waals surface area (Å²) in [5, 5.41) is 33.4. The van der Waals surface area contributed by atoms with Gasteiger partial charge >= 0.3 is 5.97 Å². The maximum atomic E-state index is 10.5. The zero-order valence-corrected chi connectivity index (χ0v) is 14.1. The number of aliphatic hydroxyl groups excluding tert-OH is 2. The van der Waals surface area contributed by atoms with Crippen LogP contribution in [0.25, 0.3) is 0 Å². The molecule has 3 N–H and O–H groups in total. The first-order valence-corrected chi connectivity index (χ1v) is 8.88. The minimum absolute atomic E-state index is 0.0620. The highest BCUT2D eigenvalue weighted by Crippen LogP contribution is 2.49. The topological polar surface area (TPSA) is 99.4 Å². The van der Waals surface area contributed by atoms with Crippen LogP contribution in [0, 0.1) is 17.8 Å². The number of fused-ring (bicyclic) bond motifs is 1. The lowest BCUT2D eigenvalue weighted by molar-refractivity contribution is -0.138. The third kappa shape index (κ3) is 4.19. The molecule has 2 aliphatic carbocycles. The summed E-state index contributed by atoms with van der Waals surface area (Å²) in [6.07, 6.45) is 2.06. The van der Waals surface area contributed by atoms with Crippen LogP contribution in [0.3, 0.4) is 0 Å². The van der Waals surface area contributed by atoms with E-state index < -0.39 is 12.1 Å². The first kappa shape index (κ1) is 17.9. The molecule has 25 heavy (non-hydrogen) atoms. The van der Waals surface area contributed by atoms with E-state index in [-0.39, 0.29) is 36.9 Å². The molecule has 6 heteroatoms. The van der Waals surface area contributed by atoms with Gasteiger partial charge in [0, 0.05) is 5.92 Å². The molecule has 2 saturated carbocycles. The van der Waals surface area contributed by atoms with E-state index in [1.807, 2.05) is 30.3 Å². The van der Waals surface area contributed by atoms with E-state index in [2.05, 4.69) is 5.16 Å². The van der Waals surface area contributed by atoms with Gasteiger partial charge in [0.25, 0.3) is 0 Å². The normalized spacial score (nSPS) is 30.6. The largest absolute Gasteiger partial charge is 0.481 e. The smallest absolute Gasteiger partial charge is 0.306 e. The summed E-state index contributed by atoms with van der Waals surface area (Å²) >= 11 is 0. The number of nitrogens with zero attached hydrogens (tertiary/aromatic N) is 1. The van der Waals surface area contributed by atoms with Crippen molar-refractivity contribution in [2.24, 2.45) is 22.9 Å². The van der Waals surface area contributed by atoms with E-state index in [4.69, 9.17) is 9.94 Å². The first-order valence-electron chi connectivity index (χ1n) is 8.88. The van der Waals surface area contributed by atoms with E-state index >= 15 is 0 Å². The van der Waals surface area contributed by atoms with Crippen LogP contribution in [0.5, 0.6) is 0 Å². The van der Waals surface area contributed by atoms with Gasteiger partial charge in [-0.1, -0.05) is 35.5 Å². The Hall–Kier alpha value is -1.92. The van der Waals surface area contributed by atoms with Crippen molar-refractivity contribution >= 4 is 11.7 Å². The Labute approximate surface area is 147 Å². The van der Waals surface area contributed by atoms with E-state index in [0.29, 0.717) is 6.42 Å². The summed E-state index contributed by atoms with van der Waals surface area (Å²) < 4.78 is 0. The van der Waals surface area contributed by atoms with Gasteiger partial charge in [0.15, 0.2) is 0 Å². The summed E-state index contributed by atoms with van der Waals surface area (Å²) in [5.41, 5.74) is 1.84. The van der Waals surface area contributed by atoms with Crippen LogP contribution in [0.4, 0.5) is 0 Å². The minimum atomic E-state index is -0.903. The van der Waals surface area contributed by atoms with Gasteiger partial charge in [0.2, 0.25) is 0 Å². The zero-order valence-electron chi connectivity index (χ0n) is 14.1. The highest BCUT2D eigenvalue weighted by Gasteiger charge is 2.51. The fraction of sp³-hybridized carbons (Fsp3) is 0.579. The molecule has 3 rings (SSSR count). The van der Waals surface area contributed by atoms with Gasteiger partial charge in [-0.3, -0.25) is 4.79 Å². The van der Waals surface area contributed by atoms with E-state index in [9.17, 15) is 15.0 Å². The third-order valence-corrected chi connectivity index (χ3v) is 5.45. The van der Waals surface area contributed by atoms with Crippen LogP contribution in [-0.4, -0.2) is 39.7 Å². The van der Waals surface area contributed by atoms with Crippen molar-refractivity contribution in [2.45, 2.75) is 44.3 Å². The number of rotatable bonds is 8. The molecule has 0 spiro atoms. The molecule has 0 bridgehead atoms. The van der Waals surface area contributed by atoms with E-state index in [0.717, 1.165) is 30.5 Å². The quantitative estimate of drug-likeness (QED) is 0.495. The van der Waals surface area contributed by atoms with Gasteiger partial charge in [-0.05, 0) is 43.1 Å². The Morgan fingerprint density at radius 2 is 2.08 bits per heavy atom. The molecule has 0 aliphatic heterocycles. The number of hydrogen-bond acceptors (Lipinski definition) is 5. The maximum absolute atomic E-state index is 10.5. The Morgan fingerprint density at radius 1 is 1.32 bits per heavy atom. The summed E-state index contributed by atoms with van der Waals surface area (Å²) in [6.45, 7) is 0.0749. The molecule has 0 saturated heterocycles. The number of carboxylic acids is 1. The average Bonchev–Trinajstić information content (AvgIpc) is 2.83. The highest BCUT2D eigenvalue weighted by atomic mass is 16.6. The third-order valence-electron chi connectivity index (χ3n) is 5.45. The molecule has 5 atom stereocenters. The van der Waals surface area contributed by atoms with Gasteiger partial charge in [-0.25, -0.2) is 0 Å². The fourth-order valence-electron chi connectivity index (χ4n) is 3.98. The Balaban J connectivity index is 1.46. The number of oxime groups is 1. The predicted molar refractivity (Wildman–Crippen MR) is 92.0 cm³/mol. The standard InChI is InChI=1S/C19H25NO5/c21-17(12-4-2-1-3-5-12)7-6-13-10-14-15(19(13)24)11-16(14)20-25-9-8-18(22)23/h1-5,13-15,17,19,21,24H,6-11H2,(H,22,23). The molecule has 5 unspecified atom stereocenters. The van der Waals surface area contributed by atoms with Crippen LogP contribution < -0.4 is 0 Å². The molecule has 136 valence electrons. The number of aliphatic carboxylic acids is 1. The van der Waals surface area contributed by atoms with Crippen molar-refractivity contribution in [3.63, 3.8) is 0 Å². The lowest BCUT2D eigenvalue weighted by Gasteiger charge is -2.33. The van der Waals surface area contributed by atoms with Gasteiger partial charge in [0.1, 0.15) is 6.61 Å². The van der Waals surface area contributed by atoms with Crippen molar-refractivity contribution in [1.82, 2.24) is 0 Å². The monoisotopic (exact) mass is 347 g/mol. The van der Waals surface area contributed by atoms with Gasteiger partial charge in [-0.15, -0.1) is 0 Å². The summed E-state index contributed by atoms with van der Waals surface area (Å²) in [7, 11) is 0. The van der Waals surface area contributed by atoms with Gasteiger partial charge in [0.05, 0.1) is 24.3 Å². The SMILES string of the molecule is O=C(O)CCON=C1CC2C1CC(CCC(O)c1ccccc1)C2O. The van der Waals surface area contributed by atoms with Crippen LogP contribution in [0.2, 0.25) is 0 Å². The minimum Gasteiger partial charge on any atom is -0.481 e. The Morgan fingerprint density at radius 3 is 2.80 bits per heavy atom. The van der Waals surface area contributed by atoms with E-state index in [1.54, 1.807) is 0 Å². The van der Waals surface area contributed by atoms with Crippen molar-refractivity contribution in [3.05, 3.63) is 35.9 Å². The molecule has 0 heterocycles. The van der Waals surface area contributed by atoms with Crippen molar-refractivity contribution in [1.29, 1.82) is 0 Å². The second kappa shape index (κ2) is 7.97. The summed E-state index contributed by atoms with van der Waals surface area (Å²) in [6, 6.07) is 9.58. The molecular formula is C19H25NO5. The van der Waals surface area contributed by atoms with Crippen LogP contribution in [0.1, 0.15) is 43.8 Å². The van der Waals surface area contributed by atoms with Crippen molar-refractivity contribution < 1.29 is 25.0 Å². The number of benzene rings is 1. The second-order valence-electron chi connectivity index (χ2n) is 7.02. The molecule has 2 aliphatic rings. The molecule has 0 radical (unpaired) electrons. The predicted octanol–water partition coefficient (Wildman–Crippen LogP) is 2.36. The molecule has 1 aromatic rings. The van der Waals surface area contributed by atoms with Crippen molar-refractivity contribution in [2.75, 3.05) is 6.61 Å². The summed E-state index contributed by atoms with van der Waals surface area (Å²) in [4.78, 5) is 15.5. The number of carbonyl (C=O) groups is 1. The van der Waals surface area contributed by atoms with Gasteiger partial charge in [-0.2, -0.15) is 0 Å². The second-order valence-corrected chi connectivity index (χ2v) is 7.02. The number of carboxylic acid groups (broad SMARTS) is 1. The molecule has 0 amide bonds. The average molecular weight is 347 g/mol. The number of hydrogen-bond donors (Lipinski definition) is 3. The zero-order chi connectivity index (χ0) is 17.8.